The van der Waals surface area contributed by atoms with Crippen molar-refractivity contribution in [3.05, 3.63) is 17.8 Å². The van der Waals surface area contributed by atoms with E-state index in [4.69, 9.17) is 0 Å². The summed E-state index contributed by atoms with van der Waals surface area (Å²) < 4.78 is 0. The van der Waals surface area contributed by atoms with Crippen molar-refractivity contribution in [2.45, 2.75) is 64.6 Å². The molecule has 0 aromatic carbocycles. The standard InChI is InChI=1S/C17H26N4O/c1-11-5-6-13(7-15(11)22)20-14-8-16(21-17(2,3)4)19-10-12(14)9-18/h8,10-11,13,15,22H,5-7H2,1-4H3,(H2,19,20,21)/t11-,13-,15-/m1/s1. The number of pyridine rings is 1. The van der Waals surface area contributed by atoms with Gasteiger partial charge in [0.2, 0.25) is 0 Å². The van der Waals surface area contributed by atoms with Crippen LogP contribution in [0.1, 0.15) is 52.5 Å². The molecule has 1 aliphatic rings. The van der Waals surface area contributed by atoms with Crippen LogP contribution >= 0.6 is 0 Å². The molecule has 1 aliphatic carbocycles. The highest BCUT2D eigenvalue weighted by molar-refractivity contribution is 5.62. The Balaban J connectivity index is 2.15. The van der Waals surface area contributed by atoms with Crippen molar-refractivity contribution in [3.8, 4) is 6.07 Å². The number of aliphatic hydroxyl groups is 1. The third-order valence-electron chi connectivity index (χ3n) is 4.04. The Kier molecular flexibility index (Phi) is 4.92. The Morgan fingerprint density at radius 2 is 2.09 bits per heavy atom. The summed E-state index contributed by atoms with van der Waals surface area (Å²) in [5.74, 6) is 1.10. The van der Waals surface area contributed by atoms with Gasteiger partial charge in [0, 0.05) is 23.8 Å². The van der Waals surface area contributed by atoms with Crippen LogP contribution in [0, 0.1) is 17.2 Å². The predicted molar refractivity (Wildman–Crippen MR) is 88.8 cm³/mol. The van der Waals surface area contributed by atoms with Crippen molar-refractivity contribution in [1.82, 2.24) is 4.98 Å². The van der Waals surface area contributed by atoms with E-state index in [9.17, 15) is 10.4 Å². The van der Waals surface area contributed by atoms with E-state index < -0.39 is 0 Å². The van der Waals surface area contributed by atoms with E-state index in [1.54, 1.807) is 6.20 Å². The van der Waals surface area contributed by atoms with Gasteiger partial charge in [0.25, 0.3) is 0 Å². The van der Waals surface area contributed by atoms with Crippen LogP contribution in [0.4, 0.5) is 11.5 Å². The molecule has 0 amide bonds. The van der Waals surface area contributed by atoms with Gasteiger partial charge >= 0.3 is 0 Å². The second-order valence-electron chi connectivity index (χ2n) is 7.30. The first-order valence-electron chi connectivity index (χ1n) is 7.91. The van der Waals surface area contributed by atoms with Crippen LogP contribution in [0.5, 0.6) is 0 Å². The molecule has 1 heterocycles. The quantitative estimate of drug-likeness (QED) is 0.799. The largest absolute Gasteiger partial charge is 0.393 e. The number of aromatic nitrogens is 1. The fourth-order valence-electron chi connectivity index (χ4n) is 2.77. The average Bonchev–Trinajstić information content (AvgIpc) is 2.41. The van der Waals surface area contributed by atoms with E-state index in [1.807, 2.05) is 6.07 Å². The molecule has 3 N–H and O–H groups in total. The van der Waals surface area contributed by atoms with Crippen LogP contribution < -0.4 is 10.6 Å². The summed E-state index contributed by atoms with van der Waals surface area (Å²) in [7, 11) is 0. The van der Waals surface area contributed by atoms with Crippen LogP contribution in [0.25, 0.3) is 0 Å². The number of nitriles is 1. The SMILES string of the molecule is C[C@@H]1CC[C@@H](Nc2cc(NC(C)(C)C)ncc2C#N)C[C@H]1O. The van der Waals surface area contributed by atoms with Crippen LogP contribution in [0.3, 0.4) is 0 Å². The first kappa shape index (κ1) is 16.6. The number of rotatable bonds is 3. The molecule has 2 rings (SSSR count). The molecule has 22 heavy (non-hydrogen) atoms. The highest BCUT2D eigenvalue weighted by Crippen LogP contribution is 2.28. The number of hydrogen-bond donors (Lipinski definition) is 3. The number of anilines is 2. The molecule has 5 heteroatoms. The highest BCUT2D eigenvalue weighted by atomic mass is 16.3. The highest BCUT2D eigenvalue weighted by Gasteiger charge is 2.26. The van der Waals surface area contributed by atoms with Crippen molar-refractivity contribution in [1.29, 1.82) is 5.26 Å². The lowest BCUT2D eigenvalue weighted by Crippen LogP contribution is -2.35. The summed E-state index contributed by atoms with van der Waals surface area (Å²) in [5.41, 5.74) is 1.23. The summed E-state index contributed by atoms with van der Waals surface area (Å²) >= 11 is 0. The van der Waals surface area contributed by atoms with Crippen LogP contribution in [0.15, 0.2) is 12.3 Å². The van der Waals surface area contributed by atoms with Crippen molar-refractivity contribution >= 4 is 11.5 Å². The van der Waals surface area contributed by atoms with Gasteiger partial charge in [-0.1, -0.05) is 6.92 Å². The monoisotopic (exact) mass is 302 g/mol. The van der Waals surface area contributed by atoms with Gasteiger partial charge in [-0.3, -0.25) is 0 Å². The predicted octanol–water partition coefficient (Wildman–Crippen LogP) is 3.13. The molecule has 1 fully saturated rings. The lowest BCUT2D eigenvalue weighted by Gasteiger charge is -2.32. The topological polar surface area (TPSA) is 81.0 Å². The Morgan fingerprint density at radius 3 is 2.68 bits per heavy atom. The van der Waals surface area contributed by atoms with E-state index in [-0.39, 0.29) is 17.7 Å². The number of nitrogens with zero attached hydrogens (tertiary/aromatic N) is 2. The van der Waals surface area contributed by atoms with Gasteiger partial charge in [-0.25, -0.2) is 4.98 Å². The van der Waals surface area contributed by atoms with E-state index in [0.717, 1.165) is 30.8 Å². The Labute approximate surface area is 132 Å². The fraction of sp³-hybridized carbons (Fsp3) is 0.647. The smallest absolute Gasteiger partial charge is 0.128 e. The molecule has 0 radical (unpaired) electrons. The minimum absolute atomic E-state index is 0.0884. The Morgan fingerprint density at radius 1 is 1.36 bits per heavy atom. The normalized spacial score (nSPS) is 25.4. The molecule has 0 unspecified atom stereocenters. The molecule has 3 atom stereocenters. The molecule has 1 aromatic heterocycles. The average molecular weight is 302 g/mol. The fourth-order valence-corrected chi connectivity index (χ4v) is 2.77. The van der Waals surface area contributed by atoms with Gasteiger partial charge in [-0.2, -0.15) is 5.26 Å². The molecule has 0 aliphatic heterocycles. The van der Waals surface area contributed by atoms with Gasteiger partial charge in [0.1, 0.15) is 11.9 Å². The summed E-state index contributed by atoms with van der Waals surface area (Å²) in [5, 5.41) is 26.0. The third kappa shape index (κ3) is 4.35. The second-order valence-corrected chi connectivity index (χ2v) is 7.30. The van der Waals surface area contributed by atoms with Crippen molar-refractivity contribution in [2.75, 3.05) is 10.6 Å². The van der Waals surface area contributed by atoms with E-state index >= 15 is 0 Å². The van der Waals surface area contributed by atoms with Gasteiger partial charge < -0.3 is 15.7 Å². The van der Waals surface area contributed by atoms with Crippen LogP contribution in [-0.4, -0.2) is 27.8 Å². The van der Waals surface area contributed by atoms with E-state index in [1.165, 1.54) is 0 Å². The van der Waals surface area contributed by atoms with E-state index in [2.05, 4.69) is 49.4 Å². The number of aliphatic hydroxyl groups excluding tert-OH is 1. The van der Waals surface area contributed by atoms with Crippen LogP contribution in [0.2, 0.25) is 0 Å². The van der Waals surface area contributed by atoms with Crippen LogP contribution in [-0.2, 0) is 0 Å². The minimum Gasteiger partial charge on any atom is -0.393 e. The van der Waals surface area contributed by atoms with Gasteiger partial charge in [0.15, 0.2) is 0 Å². The van der Waals surface area contributed by atoms with Crippen molar-refractivity contribution in [2.24, 2.45) is 5.92 Å². The molecule has 5 nitrogen and oxygen atoms in total. The maximum absolute atomic E-state index is 10.0. The maximum atomic E-state index is 10.0. The minimum atomic E-state index is -0.272. The maximum Gasteiger partial charge on any atom is 0.128 e. The number of hydrogen-bond acceptors (Lipinski definition) is 5. The lowest BCUT2D eigenvalue weighted by molar-refractivity contribution is 0.0740. The Hall–Kier alpha value is -1.80. The molecule has 0 saturated heterocycles. The van der Waals surface area contributed by atoms with Gasteiger partial charge in [-0.15, -0.1) is 0 Å². The van der Waals surface area contributed by atoms with Gasteiger partial charge in [-0.05, 0) is 46.0 Å². The summed E-state index contributed by atoms with van der Waals surface area (Å²) in [6.07, 6.45) is 4.05. The molecule has 1 aromatic rings. The van der Waals surface area contributed by atoms with E-state index in [0.29, 0.717) is 11.5 Å². The molecule has 0 bridgehead atoms. The molecule has 1 saturated carbocycles. The lowest BCUT2D eigenvalue weighted by atomic mass is 9.84. The molecular formula is C17H26N4O. The first-order chi connectivity index (χ1) is 10.3. The second kappa shape index (κ2) is 6.53. The summed E-state index contributed by atoms with van der Waals surface area (Å²) in [4.78, 5) is 4.29. The Bertz CT molecular complexity index is 559. The van der Waals surface area contributed by atoms with Gasteiger partial charge in [0.05, 0.1) is 17.4 Å². The van der Waals surface area contributed by atoms with Crippen molar-refractivity contribution < 1.29 is 5.11 Å². The molecule has 0 spiro atoms. The third-order valence-corrected chi connectivity index (χ3v) is 4.04. The zero-order valence-electron chi connectivity index (χ0n) is 13.8. The zero-order valence-corrected chi connectivity index (χ0v) is 13.8. The van der Waals surface area contributed by atoms with Crippen molar-refractivity contribution in [3.63, 3.8) is 0 Å². The summed E-state index contributed by atoms with van der Waals surface area (Å²) in [6, 6.07) is 4.26. The number of nitrogens with one attached hydrogen (secondary N) is 2. The first-order valence-corrected chi connectivity index (χ1v) is 7.91. The summed E-state index contributed by atoms with van der Waals surface area (Å²) in [6.45, 7) is 8.29. The molecule has 120 valence electrons. The zero-order chi connectivity index (χ0) is 16.3. The molecular weight excluding hydrogens is 276 g/mol.